The van der Waals surface area contributed by atoms with Gasteiger partial charge in [-0.2, -0.15) is 0 Å². The van der Waals surface area contributed by atoms with Crippen LogP contribution in [0.2, 0.25) is 0 Å². The minimum Gasteiger partial charge on any atom is -0.309 e. The molecule has 57 heavy (non-hydrogen) atoms. The topological polar surface area (TPSA) is 4.93 Å². The van der Waals surface area contributed by atoms with Crippen LogP contribution < -0.4 is 0 Å². The molecule has 0 radical (unpaired) electrons. The van der Waals surface area contributed by atoms with Gasteiger partial charge in [0.2, 0.25) is 0 Å². The largest absolute Gasteiger partial charge is 0.309 e. The fourth-order valence-electron chi connectivity index (χ4n) is 9.83. The van der Waals surface area contributed by atoms with Crippen LogP contribution in [-0.4, -0.2) is 4.57 Å². The maximum atomic E-state index is 2.46. The Kier molecular flexibility index (Phi) is 7.00. The van der Waals surface area contributed by atoms with E-state index < -0.39 is 0 Å². The van der Waals surface area contributed by atoms with Gasteiger partial charge in [0, 0.05) is 16.5 Å². The number of fused-ring (bicyclic) bond motifs is 13. The molecular formula is C56H35N. The van der Waals surface area contributed by atoms with Crippen molar-refractivity contribution in [3.05, 3.63) is 212 Å². The second-order valence-electron chi connectivity index (χ2n) is 15.1. The third-order valence-electron chi connectivity index (χ3n) is 12.2. The first-order chi connectivity index (χ1) is 28.3. The molecule has 1 nitrogen and oxygen atoms in total. The Labute approximate surface area is 331 Å². The molecule has 0 N–H and O–H groups in total. The summed E-state index contributed by atoms with van der Waals surface area (Å²) >= 11 is 0. The second kappa shape index (κ2) is 12.5. The summed E-state index contributed by atoms with van der Waals surface area (Å²) < 4.78 is 2.42. The molecule has 264 valence electrons. The van der Waals surface area contributed by atoms with Crippen molar-refractivity contribution in [2.24, 2.45) is 0 Å². The summed E-state index contributed by atoms with van der Waals surface area (Å²) in [6, 6.07) is 78.4. The van der Waals surface area contributed by atoms with Crippen molar-refractivity contribution < 1.29 is 0 Å². The summed E-state index contributed by atoms with van der Waals surface area (Å²) in [5, 5.41) is 7.53. The molecule has 0 amide bonds. The quantitative estimate of drug-likeness (QED) is 0.160. The molecule has 0 unspecified atom stereocenters. The third kappa shape index (κ3) is 4.70. The van der Waals surface area contributed by atoms with Crippen LogP contribution >= 0.6 is 0 Å². The molecule has 0 spiro atoms. The fraction of sp³-hybridized carbons (Fsp3) is 0. The predicted molar refractivity (Wildman–Crippen MR) is 242 cm³/mol. The number of aromatic nitrogens is 1. The standard InChI is InChI=1S/C56H35N/c1-2-17-37(18-3-1)57-52-31-15-14-29-49(52)56-50(30-16-32-53(56)57)55-47-27-12-10-25-45(47)54(46-26-11-13-28-48(46)55)36-33-34-44-42-23-7-6-21-40(42)38-19-4-5-20-39(38)41-22-8-9-24-43(41)51(44)35-36/h1-35H. The van der Waals surface area contributed by atoms with E-state index in [9.17, 15) is 0 Å². The number of rotatable bonds is 3. The Hall–Kier alpha value is -7.48. The van der Waals surface area contributed by atoms with Gasteiger partial charge >= 0.3 is 0 Å². The van der Waals surface area contributed by atoms with Crippen molar-refractivity contribution >= 4 is 43.4 Å². The van der Waals surface area contributed by atoms with Gasteiger partial charge in [0.05, 0.1) is 11.0 Å². The highest BCUT2D eigenvalue weighted by Crippen LogP contribution is 2.51. The monoisotopic (exact) mass is 721 g/mol. The van der Waals surface area contributed by atoms with E-state index in [1.807, 2.05) is 0 Å². The zero-order chi connectivity index (χ0) is 37.5. The van der Waals surface area contributed by atoms with Crippen molar-refractivity contribution in [2.75, 3.05) is 0 Å². The van der Waals surface area contributed by atoms with Crippen molar-refractivity contribution in [1.82, 2.24) is 4.57 Å². The molecule has 0 atom stereocenters. The fourth-order valence-corrected chi connectivity index (χ4v) is 9.83. The van der Waals surface area contributed by atoms with E-state index in [0.717, 1.165) is 5.69 Å². The van der Waals surface area contributed by atoms with Crippen LogP contribution in [0.5, 0.6) is 0 Å². The van der Waals surface area contributed by atoms with Crippen LogP contribution in [0.15, 0.2) is 212 Å². The SMILES string of the molecule is c1ccc(-n2c3ccccc3c3c(-c4c5ccccc5c(-c5ccc6c(c5)-c5ccccc5-c5ccccc5-c5ccccc5-6)c5ccccc45)cccc32)cc1. The summed E-state index contributed by atoms with van der Waals surface area (Å²) in [6.07, 6.45) is 0. The first-order valence-corrected chi connectivity index (χ1v) is 19.8. The number of hydrogen-bond acceptors (Lipinski definition) is 0. The van der Waals surface area contributed by atoms with Gasteiger partial charge in [0.25, 0.3) is 0 Å². The van der Waals surface area contributed by atoms with Crippen LogP contribution in [0.3, 0.4) is 0 Å². The minimum atomic E-state index is 1.16. The van der Waals surface area contributed by atoms with E-state index in [2.05, 4.69) is 217 Å². The van der Waals surface area contributed by atoms with Crippen LogP contribution in [0.4, 0.5) is 0 Å². The zero-order valence-corrected chi connectivity index (χ0v) is 31.2. The molecule has 12 rings (SSSR count). The first kappa shape index (κ1) is 31.8. The molecule has 1 aliphatic rings. The molecule has 1 aliphatic carbocycles. The molecule has 11 aromatic rings. The molecule has 1 heteroatoms. The lowest BCUT2D eigenvalue weighted by Crippen LogP contribution is -1.98. The molecule has 0 aliphatic heterocycles. The maximum absolute atomic E-state index is 2.46. The minimum absolute atomic E-state index is 1.16. The second-order valence-corrected chi connectivity index (χ2v) is 15.1. The van der Waals surface area contributed by atoms with Gasteiger partial charge in [-0.1, -0.05) is 182 Å². The Morgan fingerprint density at radius 1 is 0.246 bits per heavy atom. The van der Waals surface area contributed by atoms with Gasteiger partial charge in [-0.15, -0.1) is 0 Å². The molecule has 0 saturated carbocycles. The van der Waals surface area contributed by atoms with Crippen molar-refractivity contribution in [2.45, 2.75) is 0 Å². The van der Waals surface area contributed by atoms with Gasteiger partial charge in [0.1, 0.15) is 0 Å². The molecule has 0 bridgehead atoms. The van der Waals surface area contributed by atoms with E-state index in [0.29, 0.717) is 0 Å². The third-order valence-corrected chi connectivity index (χ3v) is 12.2. The summed E-state index contributed by atoms with van der Waals surface area (Å²) in [5.74, 6) is 0. The lowest BCUT2D eigenvalue weighted by molar-refractivity contribution is 1.18. The van der Waals surface area contributed by atoms with Crippen molar-refractivity contribution in [3.8, 4) is 72.4 Å². The van der Waals surface area contributed by atoms with Crippen LogP contribution in [0.1, 0.15) is 0 Å². The Balaban J connectivity index is 1.16. The number of hydrogen-bond donors (Lipinski definition) is 0. The molecule has 0 fully saturated rings. The highest BCUT2D eigenvalue weighted by molar-refractivity contribution is 6.26. The number of benzene rings is 10. The van der Waals surface area contributed by atoms with Gasteiger partial charge in [-0.3, -0.25) is 0 Å². The highest BCUT2D eigenvalue weighted by atomic mass is 15.0. The average Bonchev–Trinajstić information content (AvgIpc) is 3.63. The summed E-state index contributed by atoms with van der Waals surface area (Å²) in [7, 11) is 0. The normalized spacial score (nSPS) is 11.9. The first-order valence-electron chi connectivity index (χ1n) is 19.8. The van der Waals surface area contributed by atoms with Crippen LogP contribution in [0.25, 0.3) is 116 Å². The van der Waals surface area contributed by atoms with Crippen molar-refractivity contribution in [1.29, 1.82) is 0 Å². The highest BCUT2D eigenvalue weighted by Gasteiger charge is 2.25. The van der Waals surface area contributed by atoms with Gasteiger partial charge in [-0.25, -0.2) is 0 Å². The maximum Gasteiger partial charge on any atom is 0.0547 e. The summed E-state index contributed by atoms with van der Waals surface area (Å²) in [5.41, 5.74) is 18.7. The summed E-state index contributed by atoms with van der Waals surface area (Å²) in [6.45, 7) is 0. The van der Waals surface area contributed by atoms with E-state index in [1.165, 1.54) is 110 Å². The Morgan fingerprint density at radius 3 is 1.21 bits per heavy atom. The van der Waals surface area contributed by atoms with Gasteiger partial charge < -0.3 is 4.57 Å². The van der Waals surface area contributed by atoms with E-state index in [4.69, 9.17) is 0 Å². The average molecular weight is 722 g/mol. The molecule has 1 heterocycles. The number of para-hydroxylation sites is 2. The van der Waals surface area contributed by atoms with Gasteiger partial charge in [0.15, 0.2) is 0 Å². The Bertz CT molecular complexity index is 3340. The Morgan fingerprint density at radius 2 is 0.649 bits per heavy atom. The van der Waals surface area contributed by atoms with E-state index in [1.54, 1.807) is 0 Å². The van der Waals surface area contributed by atoms with Crippen molar-refractivity contribution in [3.63, 3.8) is 0 Å². The molecule has 10 aromatic carbocycles. The smallest absolute Gasteiger partial charge is 0.0547 e. The van der Waals surface area contributed by atoms with Gasteiger partial charge in [-0.05, 0) is 119 Å². The predicted octanol–water partition coefficient (Wildman–Crippen LogP) is 15.4. The molecule has 0 saturated heterocycles. The lowest BCUT2D eigenvalue weighted by atomic mass is 9.79. The van der Waals surface area contributed by atoms with Crippen LogP contribution in [0, 0.1) is 0 Å². The lowest BCUT2D eigenvalue weighted by Gasteiger charge is -2.24. The zero-order valence-electron chi connectivity index (χ0n) is 31.2. The van der Waals surface area contributed by atoms with E-state index in [-0.39, 0.29) is 0 Å². The molecular weight excluding hydrogens is 687 g/mol. The van der Waals surface area contributed by atoms with Crippen LogP contribution in [-0.2, 0) is 0 Å². The molecule has 1 aromatic heterocycles. The summed E-state index contributed by atoms with van der Waals surface area (Å²) in [4.78, 5) is 0. The van der Waals surface area contributed by atoms with E-state index >= 15 is 0 Å². The number of nitrogens with zero attached hydrogens (tertiary/aromatic N) is 1.